The first-order valence-corrected chi connectivity index (χ1v) is 8.94. The maximum Gasteiger partial charge on any atom is 0.312 e. The molecule has 0 aliphatic heterocycles. The quantitative estimate of drug-likeness (QED) is 0.753. The van der Waals surface area contributed by atoms with E-state index in [0.717, 1.165) is 21.5 Å². The number of primary amides is 1. The molecule has 1 atom stereocenters. The second kappa shape index (κ2) is 7.46. The molecule has 8 heteroatoms. The molecule has 0 radical (unpaired) electrons. The topological polar surface area (TPSA) is 97.1 Å². The number of carbonyl (C=O) groups is 2. The van der Waals surface area contributed by atoms with Crippen LogP contribution in [0.2, 0.25) is 0 Å². The van der Waals surface area contributed by atoms with Crippen molar-refractivity contribution in [3.8, 4) is 0 Å². The molecule has 4 N–H and O–H groups in total. The third-order valence-electron chi connectivity index (χ3n) is 3.09. The summed E-state index contributed by atoms with van der Waals surface area (Å²) < 4.78 is 1.01. The fourth-order valence-corrected chi connectivity index (χ4v) is 3.43. The van der Waals surface area contributed by atoms with Crippen molar-refractivity contribution in [2.24, 2.45) is 5.73 Å². The summed E-state index contributed by atoms with van der Waals surface area (Å²) in [7, 11) is 0. The lowest BCUT2D eigenvalue weighted by Crippen LogP contribution is -2.46. The van der Waals surface area contributed by atoms with Crippen LogP contribution < -0.4 is 16.4 Å². The summed E-state index contributed by atoms with van der Waals surface area (Å²) >= 11 is 3.01. The van der Waals surface area contributed by atoms with Crippen LogP contribution in [0.3, 0.4) is 0 Å². The van der Waals surface area contributed by atoms with Crippen LogP contribution in [0.4, 0.5) is 9.93 Å². The van der Waals surface area contributed by atoms with Crippen molar-refractivity contribution in [2.45, 2.75) is 19.4 Å². The van der Waals surface area contributed by atoms with Crippen molar-refractivity contribution in [3.05, 3.63) is 23.8 Å². The summed E-state index contributed by atoms with van der Waals surface area (Å²) in [5.74, 6) is 0.446. The molecule has 118 valence electrons. The third kappa shape index (κ3) is 4.11. The number of hydrogen-bond donors (Lipinski definition) is 3. The van der Waals surface area contributed by atoms with Crippen molar-refractivity contribution in [1.29, 1.82) is 0 Å². The maximum atomic E-state index is 12.3. The van der Waals surface area contributed by atoms with E-state index in [4.69, 9.17) is 5.73 Å². The predicted molar refractivity (Wildman–Crippen MR) is 92.5 cm³/mol. The first-order valence-electron chi connectivity index (χ1n) is 6.73. The number of amides is 3. The number of aromatic nitrogens is 1. The molecule has 3 amide bonds. The van der Waals surface area contributed by atoms with Crippen LogP contribution in [-0.2, 0) is 4.79 Å². The first kappa shape index (κ1) is 16.6. The Morgan fingerprint density at radius 2 is 2.23 bits per heavy atom. The average molecular weight is 338 g/mol. The number of carbonyl (C=O) groups excluding carboxylic acids is 2. The third-order valence-corrected chi connectivity index (χ3v) is 4.67. The summed E-state index contributed by atoms with van der Waals surface area (Å²) in [6, 6.07) is 4.53. The van der Waals surface area contributed by atoms with Crippen LogP contribution in [0.25, 0.3) is 10.2 Å². The number of para-hydroxylation sites is 1. The van der Waals surface area contributed by atoms with Crippen LogP contribution in [0, 0.1) is 6.92 Å². The molecule has 0 saturated heterocycles. The van der Waals surface area contributed by atoms with Crippen LogP contribution in [0.5, 0.6) is 0 Å². The molecule has 1 aromatic carbocycles. The molecule has 0 aliphatic rings. The van der Waals surface area contributed by atoms with Crippen molar-refractivity contribution >= 4 is 50.4 Å². The molecular weight excluding hydrogens is 320 g/mol. The molecule has 1 aromatic heterocycles. The van der Waals surface area contributed by atoms with Gasteiger partial charge in [-0.1, -0.05) is 23.5 Å². The fourth-order valence-electron chi connectivity index (χ4n) is 2.01. The summed E-state index contributed by atoms with van der Waals surface area (Å²) in [6.45, 7) is 1.98. The highest BCUT2D eigenvalue weighted by atomic mass is 32.2. The van der Waals surface area contributed by atoms with E-state index in [9.17, 15) is 9.59 Å². The number of thiazole rings is 1. The maximum absolute atomic E-state index is 12.3. The van der Waals surface area contributed by atoms with Gasteiger partial charge >= 0.3 is 6.03 Å². The van der Waals surface area contributed by atoms with Crippen molar-refractivity contribution in [2.75, 3.05) is 17.3 Å². The van der Waals surface area contributed by atoms with Gasteiger partial charge in [0.15, 0.2) is 5.13 Å². The minimum Gasteiger partial charge on any atom is -0.352 e. The van der Waals surface area contributed by atoms with E-state index >= 15 is 0 Å². The summed E-state index contributed by atoms with van der Waals surface area (Å²) in [6.07, 6.45) is 2.45. The number of nitrogens with one attached hydrogen (secondary N) is 2. The van der Waals surface area contributed by atoms with Gasteiger partial charge in [0.25, 0.3) is 0 Å². The van der Waals surface area contributed by atoms with E-state index in [-0.39, 0.29) is 5.91 Å². The molecule has 22 heavy (non-hydrogen) atoms. The Bertz CT molecular complexity index is 687. The van der Waals surface area contributed by atoms with Crippen LogP contribution in [0.1, 0.15) is 12.0 Å². The zero-order valence-electron chi connectivity index (χ0n) is 12.4. The van der Waals surface area contributed by atoms with Gasteiger partial charge in [0.2, 0.25) is 5.91 Å². The molecule has 0 fully saturated rings. The number of rotatable bonds is 6. The highest BCUT2D eigenvalue weighted by Crippen LogP contribution is 2.27. The van der Waals surface area contributed by atoms with E-state index in [1.54, 1.807) is 11.8 Å². The molecule has 0 saturated carbocycles. The van der Waals surface area contributed by atoms with E-state index in [2.05, 4.69) is 15.6 Å². The fraction of sp³-hybridized carbons (Fsp3) is 0.357. The van der Waals surface area contributed by atoms with E-state index < -0.39 is 12.1 Å². The molecule has 2 aromatic rings. The van der Waals surface area contributed by atoms with Gasteiger partial charge in [-0.2, -0.15) is 11.8 Å². The minimum atomic E-state index is -0.707. The lowest BCUT2D eigenvalue weighted by Gasteiger charge is -2.15. The van der Waals surface area contributed by atoms with Gasteiger partial charge < -0.3 is 16.4 Å². The summed E-state index contributed by atoms with van der Waals surface area (Å²) in [5.41, 5.74) is 7.07. The average Bonchev–Trinajstić information content (AvgIpc) is 2.87. The molecule has 6 nitrogen and oxygen atoms in total. The van der Waals surface area contributed by atoms with Gasteiger partial charge in [-0.25, -0.2) is 9.78 Å². The van der Waals surface area contributed by atoms with Gasteiger partial charge in [0.05, 0.1) is 10.2 Å². The lowest BCUT2D eigenvalue weighted by molar-refractivity contribution is -0.117. The Labute approximate surface area is 136 Å². The molecule has 1 unspecified atom stereocenters. The van der Waals surface area contributed by atoms with Crippen molar-refractivity contribution < 1.29 is 9.59 Å². The SMILES string of the molecule is CSCCC(NC(N)=O)C(=O)Nc1nc2c(C)cccc2s1. The van der Waals surface area contributed by atoms with Gasteiger partial charge in [0, 0.05) is 0 Å². The zero-order valence-corrected chi connectivity index (χ0v) is 14.0. The van der Waals surface area contributed by atoms with Gasteiger partial charge in [-0.3, -0.25) is 4.79 Å². The predicted octanol–water partition coefficient (Wildman–Crippen LogP) is 2.33. The smallest absolute Gasteiger partial charge is 0.312 e. The minimum absolute atomic E-state index is 0.301. The van der Waals surface area contributed by atoms with Crippen molar-refractivity contribution in [1.82, 2.24) is 10.3 Å². The van der Waals surface area contributed by atoms with Gasteiger partial charge in [-0.05, 0) is 37.0 Å². The van der Waals surface area contributed by atoms with Gasteiger partial charge in [0.1, 0.15) is 6.04 Å². The second-order valence-electron chi connectivity index (χ2n) is 4.77. The Hall–Kier alpha value is -1.80. The number of fused-ring (bicyclic) bond motifs is 1. The Balaban J connectivity index is 2.13. The van der Waals surface area contributed by atoms with E-state index in [0.29, 0.717) is 11.6 Å². The number of urea groups is 1. The molecule has 0 spiro atoms. The number of nitrogens with two attached hydrogens (primary N) is 1. The van der Waals surface area contributed by atoms with Crippen LogP contribution in [0.15, 0.2) is 18.2 Å². The highest BCUT2D eigenvalue weighted by molar-refractivity contribution is 7.98. The lowest BCUT2D eigenvalue weighted by atomic mass is 10.2. The molecule has 2 rings (SSSR count). The monoisotopic (exact) mass is 338 g/mol. The second-order valence-corrected chi connectivity index (χ2v) is 6.79. The molecule has 1 heterocycles. The Morgan fingerprint density at radius 3 is 2.86 bits per heavy atom. The largest absolute Gasteiger partial charge is 0.352 e. The summed E-state index contributed by atoms with van der Waals surface area (Å²) in [5, 5.41) is 5.75. The standard InChI is InChI=1S/C14H18N4O2S2/c1-8-4-3-5-10-11(8)17-14(22-10)18-12(19)9(6-7-21-2)16-13(15)20/h3-5,9H,6-7H2,1-2H3,(H3,15,16,20)(H,17,18,19). The number of aryl methyl sites for hydroxylation is 1. The Morgan fingerprint density at radius 1 is 1.45 bits per heavy atom. The normalized spacial score (nSPS) is 12.1. The van der Waals surface area contributed by atoms with E-state index in [1.165, 1.54) is 11.3 Å². The van der Waals surface area contributed by atoms with Crippen LogP contribution in [-0.4, -0.2) is 35.0 Å². The molecular formula is C14H18N4O2S2. The molecule has 0 bridgehead atoms. The number of hydrogen-bond acceptors (Lipinski definition) is 5. The molecule has 0 aliphatic carbocycles. The number of benzene rings is 1. The Kier molecular flexibility index (Phi) is 5.62. The zero-order chi connectivity index (χ0) is 16.1. The number of thioether (sulfide) groups is 1. The van der Waals surface area contributed by atoms with Gasteiger partial charge in [-0.15, -0.1) is 0 Å². The van der Waals surface area contributed by atoms with Crippen molar-refractivity contribution in [3.63, 3.8) is 0 Å². The number of anilines is 1. The highest BCUT2D eigenvalue weighted by Gasteiger charge is 2.20. The number of nitrogens with zero attached hydrogens (tertiary/aromatic N) is 1. The van der Waals surface area contributed by atoms with E-state index in [1.807, 2.05) is 31.4 Å². The van der Waals surface area contributed by atoms with Crippen LogP contribution >= 0.6 is 23.1 Å². The first-order chi connectivity index (χ1) is 10.5. The summed E-state index contributed by atoms with van der Waals surface area (Å²) in [4.78, 5) is 27.7.